The van der Waals surface area contributed by atoms with Gasteiger partial charge in [-0.2, -0.15) is 13.1 Å². The molecule has 1 heterocycles. The van der Waals surface area contributed by atoms with Gasteiger partial charge in [0.05, 0.1) is 10.0 Å². The Bertz CT molecular complexity index is 899. The van der Waals surface area contributed by atoms with Crippen molar-refractivity contribution in [1.29, 1.82) is 0 Å². The third-order valence-electron chi connectivity index (χ3n) is 4.40. The molecule has 0 saturated carbocycles. The van der Waals surface area contributed by atoms with E-state index in [0.29, 0.717) is 32.7 Å². The lowest BCUT2D eigenvalue weighted by Gasteiger charge is -2.34. The highest BCUT2D eigenvalue weighted by Crippen LogP contribution is 2.32. The second kappa shape index (κ2) is 8.92. The number of hydrogen-bond donors (Lipinski definition) is 0. The largest absolute Gasteiger partial charge is 0.435 e. The van der Waals surface area contributed by atoms with E-state index in [1.54, 1.807) is 18.2 Å². The Morgan fingerprint density at radius 1 is 0.964 bits per heavy atom. The lowest BCUT2D eigenvalue weighted by molar-refractivity contribution is -0.0498. The summed E-state index contributed by atoms with van der Waals surface area (Å²) in [5.41, 5.74) is 0.923. The van der Waals surface area contributed by atoms with Gasteiger partial charge in [0.2, 0.25) is 10.0 Å². The second-order valence-electron chi connectivity index (χ2n) is 6.25. The van der Waals surface area contributed by atoms with E-state index in [1.165, 1.54) is 28.6 Å². The van der Waals surface area contributed by atoms with Crippen LogP contribution in [0.15, 0.2) is 47.4 Å². The summed E-state index contributed by atoms with van der Waals surface area (Å²) in [5.74, 6) is 0.103. The molecule has 0 atom stereocenters. The molecule has 10 heteroatoms. The molecular weight excluding hydrogens is 433 g/mol. The minimum atomic E-state index is -3.78. The van der Waals surface area contributed by atoms with E-state index in [0.717, 1.165) is 5.56 Å². The zero-order valence-corrected chi connectivity index (χ0v) is 17.0. The molecule has 2 aromatic carbocycles. The van der Waals surface area contributed by atoms with Gasteiger partial charge in [0.15, 0.2) is 0 Å². The molecule has 1 aliphatic heterocycles. The number of hydrogen-bond acceptors (Lipinski definition) is 4. The first-order valence-corrected chi connectivity index (χ1v) is 10.7. The van der Waals surface area contributed by atoms with Gasteiger partial charge < -0.3 is 4.74 Å². The van der Waals surface area contributed by atoms with E-state index in [-0.39, 0.29) is 20.7 Å². The van der Waals surface area contributed by atoms with Gasteiger partial charge in [-0.15, -0.1) is 0 Å². The molecule has 152 valence electrons. The Morgan fingerprint density at radius 3 is 2.07 bits per heavy atom. The summed E-state index contributed by atoms with van der Waals surface area (Å²) in [4.78, 5) is 2.02. The fraction of sp³-hybridized carbons (Fsp3) is 0.333. The molecule has 0 amide bonds. The standard InChI is InChI=1S/C18H18Cl2F2N2O3S/c19-15-2-1-3-16(20)17(15)28(25,26)24-10-8-23(9-11-24)12-13-4-6-14(7-5-13)27-18(21)22/h1-7,18H,8-12H2. The summed E-state index contributed by atoms with van der Waals surface area (Å²) in [6, 6.07) is 11.0. The monoisotopic (exact) mass is 450 g/mol. The molecule has 0 aromatic heterocycles. The predicted molar refractivity (Wildman–Crippen MR) is 104 cm³/mol. The average Bonchev–Trinajstić information content (AvgIpc) is 2.63. The summed E-state index contributed by atoms with van der Waals surface area (Å²) in [6.45, 7) is -0.622. The maximum absolute atomic E-state index is 12.9. The van der Waals surface area contributed by atoms with Crippen LogP contribution in [0.3, 0.4) is 0 Å². The second-order valence-corrected chi connectivity index (χ2v) is 8.94. The highest BCUT2D eigenvalue weighted by atomic mass is 35.5. The van der Waals surface area contributed by atoms with Gasteiger partial charge in [0.1, 0.15) is 10.6 Å². The highest BCUT2D eigenvalue weighted by molar-refractivity contribution is 7.89. The molecule has 28 heavy (non-hydrogen) atoms. The molecule has 0 aliphatic carbocycles. The Morgan fingerprint density at radius 2 is 1.54 bits per heavy atom. The summed E-state index contributed by atoms with van der Waals surface area (Å²) in [6.07, 6.45) is 0. The van der Waals surface area contributed by atoms with Crippen LogP contribution in [0.25, 0.3) is 0 Å². The number of ether oxygens (including phenoxy) is 1. The fourth-order valence-corrected chi connectivity index (χ4v) is 5.53. The third kappa shape index (κ3) is 4.93. The molecule has 1 fully saturated rings. The van der Waals surface area contributed by atoms with Crippen LogP contribution in [0.4, 0.5) is 8.78 Å². The van der Waals surface area contributed by atoms with Crippen LogP contribution < -0.4 is 4.74 Å². The molecule has 1 aliphatic rings. The van der Waals surface area contributed by atoms with Gasteiger partial charge in [-0.25, -0.2) is 8.42 Å². The number of alkyl halides is 2. The third-order valence-corrected chi connectivity index (χ3v) is 7.26. The number of benzene rings is 2. The number of halogens is 4. The molecule has 2 aromatic rings. The zero-order valence-electron chi connectivity index (χ0n) is 14.7. The van der Waals surface area contributed by atoms with E-state index >= 15 is 0 Å². The smallest absolute Gasteiger partial charge is 0.387 e. The fourth-order valence-electron chi connectivity index (χ4n) is 3.02. The van der Waals surface area contributed by atoms with E-state index in [2.05, 4.69) is 9.64 Å². The minimum absolute atomic E-state index is 0.0681. The van der Waals surface area contributed by atoms with Crippen LogP contribution in [-0.4, -0.2) is 50.4 Å². The van der Waals surface area contributed by atoms with E-state index in [1.807, 2.05) is 0 Å². The Kier molecular flexibility index (Phi) is 6.77. The topological polar surface area (TPSA) is 49.9 Å². The van der Waals surface area contributed by atoms with E-state index < -0.39 is 16.6 Å². The molecule has 3 rings (SSSR count). The molecule has 0 N–H and O–H groups in total. The number of sulfonamides is 1. The van der Waals surface area contributed by atoms with Crippen molar-refractivity contribution in [2.45, 2.75) is 18.1 Å². The molecule has 5 nitrogen and oxygen atoms in total. The molecule has 0 bridgehead atoms. The Balaban J connectivity index is 1.61. The van der Waals surface area contributed by atoms with Crippen molar-refractivity contribution in [2.75, 3.05) is 26.2 Å². The highest BCUT2D eigenvalue weighted by Gasteiger charge is 2.31. The first kappa shape index (κ1) is 21.3. The van der Waals surface area contributed by atoms with Crippen molar-refractivity contribution in [2.24, 2.45) is 0 Å². The van der Waals surface area contributed by atoms with Crippen molar-refractivity contribution < 1.29 is 21.9 Å². The van der Waals surface area contributed by atoms with Gasteiger partial charge in [0, 0.05) is 32.7 Å². The molecule has 0 unspecified atom stereocenters. The molecule has 1 saturated heterocycles. The van der Waals surface area contributed by atoms with E-state index in [4.69, 9.17) is 23.2 Å². The lowest BCUT2D eigenvalue weighted by atomic mass is 10.2. The van der Waals surface area contributed by atoms with Crippen molar-refractivity contribution >= 4 is 33.2 Å². The summed E-state index contributed by atoms with van der Waals surface area (Å²) in [7, 11) is -3.78. The lowest BCUT2D eigenvalue weighted by Crippen LogP contribution is -2.48. The molecular formula is C18H18Cl2F2N2O3S. The summed E-state index contributed by atoms with van der Waals surface area (Å²) < 4.78 is 55.9. The molecule has 0 radical (unpaired) electrons. The van der Waals surface area contributed by atoms with Crippen molar-refractivity contribution in [1.82, 2.24) is 9.21 Å². The number of rotatable bonds is 6. The first-order chi connectivity index (χ1) is 13.3. The normalized spacial score (nSPS) is 16.5. The first-order valence-electron chi connectivity index (χ1n) is 8.47. The van der Waals surface area contributed by atoms with Crippen LogP contribution in [0.2, 0.25) is 10.0 Å². The predicted octanol–water partition coefficient (Wildman–Crippen LogP) is 4.10. The van der Waals surface area contributed by atoms with Crippen LogP contribution in [0, 0.1) is 0 Å². The van der Waals surface area contributed by atoms with E-state index in [9.17, 15) is 17.2 Å². The van der Waals surface area contributed by atoms with Gasteiger partial charge in [-0.3, -0.25) is 4.90 Å². The van der Waals surface area contributed by atoms with Crippen molar-refractivity contribution in [3.05, 3.63) is 58.1 Å². The number of piperazine rings is 1. The maximum Gasteiger partial charge on any atom is 0.387 e. The quantitative estimate of drug-likeness (QED) is 0.664. The average molecular weight is 451 g/mol. The van der Waals surface area contributed by atoms with Crippen molar-refractivity contribution in [3.63, 3.8) is 0 Å². The summed E-state index contributed by atoms with van der Waals surface area (Å²) in [5, 5.41) is 0.196. The van der Waals surface area contributed by atoms with Gasteiger partial charge in [-0.1, -0.05) is 41.4 Å². The van der Waals surface area contributed by atoms with Crippen LogP contribution in [-0.2, 0) is 16.6 Å². The van der Waals surface area contributed by atoms with Crippen LogP contribution >= 0.6 is 23.2 Å². The van der Waals surface area contributed by atoms with Gasteiger partial charge >= 0.3 is 6.61 Å². The van der Waals surface area contributed by atoms with Gasteiger partial charge in [0.25, 0.3) is 0 Å². The Labute approximate surface area is 172 Å². The SMILES string of the molecule is O=S(=O)(c1c(Cl)cccc1Cl)N1CCN(Cc2ccc(OC(F)F)cc2)CC1. The van der Waals surface area contributed by atoms with Crippen molar-refractivity contribution in [3.8, 4) is 5.75 Å². The molecule has 0 spiro atoms. The van der Waals surface area contributed by atoms with Crippen LogP contribution in [0.5, 0.6) is 5.75 Å². The number of nitrogens with zero attached hydrogens (tertiary/aromatic N) is 2. The van der Waals surface area contributed by atoms with Gasteiger partial charge in [-0.05, 0) is 29.8 Å². The zero-order chi connectivity index (χ0) is 20.3. The maximum atomic E-state index is 12.9. The van der Waals surface area contributed by atoms with Crippen LogP contribution in [0.1, 0.15) is 5.56 Å². The summed E-state index contributed by atoms with van der Waals surface area (Å²) >= 11 is 12.1. The minimum Gasteiger partial charge on any atom is -0.435 e. The Hall–Kier alpha value is -1.45.